The van der Waals surface area contributed by atoms with E-state index in [1.807, 2.05) is 0 Å². The number of likely N-dealkylation sites (N-methyl/N-ethyl adjacent to an activating group) is 1. The fraction of sp³-hybridized carbons (Fsp3) is 0.600. The number of sulfone groups is 1. The van der Waals surface area contributed by atoms with Crippen molar-refractivity contribution in [2.24, 2.45) is 0 Å². The molecule has 0 saturated heterocycles. The number of aromatic nitrogens is 2. The van der Waals surface area contributed by atoms with Crippen LogP contribution in [-0.4, -0.2) is 54.1 Å². The van der Waals surface area contributed by atoms with E-state index in [9.17, 15) is 13.2 Å². The van der Waals surface area contributed by atoms with Gasteiger partial charge >= 0.3 is 0 Å². The zero-order valence-electron chi connectivity index (χ0n) is 10.8. The lowest BCUT2D eigenvalue weighted by Gasteiger charge is -2.21. The van der Waals surface area contributed by atoms with E-state index in [4.69, 9.17) is 12.2 Å². The van der Waals surface area contributed by atoms with E-state index in [1.54, 1.807) is 7.05 Å². The molecule has 19 heavy (non-hydrogen) atoms. The maximum Gasteiger partial charge on any atom is 0.219 e. The Kier molecular flexibility index (Phi) is 5.50. The summed E-state index contributed by atoms with van der Waals surface area (Å²) in [5.74, 6) is -0.248. The topological polar surface area (TPSA) is 80.2 Å². The lowest BCUT2D eigenvalue weighted by atomic mass is 10.2. The standard InChI is InChI=1S/C10H14N3O3S3/c1-7(14)13(2)8(5-17)4-9-11-12-10(18-9)6-19(3,15)16/h8H,4,6H2,1-3H3. The quantitative estimate of drug-likeness (QED) is 0.704. The fourth-order valence-electron chi connectivity index (χ4n) is 1.30. The van der Waals surface area contributed by atoms with Crippen LogP contribution in [0.4, 0.5) is 0 Å². The molecule has 1 aromatic heterocycles. The van der Waals surface area contributed by atoms with Crippen LogP contribution in [0.25, 0.3) is 0 Å². The fourth-order valence-corrected chi connectivity index (χ4v) is 3.60. The van der Waals surface area contributed by atoms with Crippen molar-refractivity contribution in [1.29, 1.82) is 0 Å². The zero-order valence-corrected chi connectivity index (χ0v) is 13.2. The monoisotopic (exact) mass is 320 g/mol. The van der Waals surface area contributed by atoms with Crippen molar-refractivity contribution in [3.05, 3.63) is 10.0 Å². The highest BCUT2D eigenvalue weighted by Gasteiger charge is 2.18. The highest BCUT2D eigenvalue weighted by Crippen LogP contribution is 2.15. The second-order valence-electron chi connectivity index (χ2n) is 4.13. The molecule has 0 aromatic carbocycles. The van der Waals surface area contributed by atoms with Gasteiger partial charge < -0.3 is 4.90 Å². The third-order valence-corrected chi connectivity index (χ3v) is 4.56. The third-order valence-electron chi connectivity index (χ3n) is 2.36. The molecular weight excluding hydrogens is 306 g/mol. The summed E-state index contributed by atoms with van der Waals surface area (Å²) in [6.07, 6.45) is 1.53. The molecular formula is C10H14N3O3S3. The molecule has 1 radical (unpaired) electrons. The van der Waals surface area contributed by atoms with E-state index in [0.717, 1.165) is 6.26 Å². The number of hydrogen-bond donors (Lipinski definition) is 0. The van der Waals surface area contributed by atoms with Crippen molar-refractivity contribution < 1.29 is 13.2 Å². The van der Waals surface area contributed by atoms with Crippen molar-refractivity contribution in [3.63, 3.8) is 0 Å². The second-order valence-corrected chi connectivity index (χ2v) is 7.65. The number of thiocarbonyl (C=S) groups is 1. The van der Waals surface area contributed by atoms with Crippen LogP contribution in [0, 0.1) is 0 Å². The van der Waals surface area contributed by atoms with Crippen LogP contribution in [0.2, 0.25) is 0 Å². The molecule has 1 rings (SSSR count). The van der Waals surface area contributed by atoms with E-state index < -0.39 is 9.84 Å². The summed E-state index contributed by atoms with van der Waals surface area (Å²) in [6.45, 7) is 1.44. The Morgan fingerprint density at radius 2 is 2.05 bits per heavy atom. The van der Waals surface area contributed by atoms with Gasteiger partial charge in [-0.15, -0.1) is 21.5 Å². The molecule has 1 atom stereocenters. The number of amides is 1. The minimum absolute atomic E-state index is 0.122. The van der Waals surface area contributed by atoms with Crippen LogP contribution < -0.4 is 0 Å². The van der Waals surface area contributed by atoms with E-state index in [0.29, 0.717) is 16.4 Å². The number of rotatable bonds is 6. The molecule has 1 amide bonds. The van der Waals surface area contributed by atoms with Crippen LogP contribution in [0.5, 0.6) is 0 Å². The molecule has 0 spiro atoms. The Labute approximate surface area is 121 Å². The largest absolute Gasteiger partial charge is 0.338 e. The first-order valence-corrected chi connectivity index (χ1v) is 8.61. The van der Waals surface area contributed by atoms with E-state index in [-0.39, 0.29) is 17.7 Å². The molecule has 0 aliphatic heterocycles. The SMILES string of the molecule is CC(=O)N(C)C([C]=S)Cc1nnc(CS(C)(=O)=O)s1. The van der Waals surface area contributed by atoms with E-state index >= 15 is 0 Å². The average molecular weight is 320 g/mol. The van der Waals surface area contributed by atoms with Gasteiger partial charge in [0.1, 0.15) is 15.8 Å². The van der Waals surface area contributed by atoms with Gasteiger partial charge in [-0.05, 0) is 0 Å². The van der Waals surface area contributed by atoms with Crippen molar-refractivity contribution >= 4 is 44.7 Å². The van der Waals surface area contributed by atoms with Gasteiger partial charge in [0.25, 0.3) is 0 Å². The Morgan fingerprint density at radius 1 is 1.47 bits per heavy atom. The molecule has 0 fully saturated rings. The van der Waals surface area contributed by atoms with Gasteiger partial charge in [0.15, 0.2) is 9.84 Å². The van der Waals surface area contributed by atoms with Gasteiger partial charge in [0, 0.05) is 26.6 Å². The second kappa shape index (κ2) is 6.49. The van der Waals surface area contributed by atoms with Crippen LogP contribution in [0.3, 0.4) is 0 Å². The molecule has 0 bridgehead atoms. The summed E-state index contributed by atoms with van der Waals surface area (Å²) in [5, 5.41) is 11.4. The molecule has 1 heterocycles. The van der Waals surface area contributed by atoms with Crippen molar-refractivity contribution in [3.8, 4) is 0 Å². The first-order valence-electron chi connectivity index (χ1n) is 5.33. The summed E-state index contributed by atoms with van der Waals surface area (Å²) in [6, 6.07) is -0.369. The maximum atomic E-state index is 11.3. The number of nitrogens with zero attached hydrogens (tertiary/aromatic N) is 3. The molecule has 6 nitrogen and oxygen atoms in total. The van der Waals surface area contributed by atoms with Crippen LogP contribution in [0.15, 0.2) is 0 Å². The highest BCUT2D eigenvalue weighted by molar-refractivity contribution is 7.90. The summed E-state index contributed by atoms with van der Waals surface area (Å²) in [5.41, 5.74) is 0. The molecule has 0 saturated carbocycles. The maximum absolute atomic E-state index is 11.3. The molecule has 0 aliphatic carbocycles. The Bertz CT molecular complexity index is 568. The highest BCUT2D eigenvalue weighted by atomic mass is 32.2. The minimum atomic E-state index is -3.12. The Balaban J connectivity index is 2.77. The number of carbonyl (C=O) groups is 1. The summed E-state index contributed by atoms with van der Waals surface area (Å²) in [4.78, 5) is 12.7. The normalized spacial score (nSPS) is 13.0. The predicted molar refractivity (Wildman–Crippen MR) is 77.0 cm³/mol. The number of hydrogen-bond acceptors (Lipinski definition) is 7. The van der Waals surface area contributed by atoms with Gasteiger partial charge in [-0.25, -0.2) is 8.42 Å². The van der Waals surface area contributed by atoms with Crippen LogP contribution >= 0.6 is 23.6 Å². The molecule has 1 aromatic rings. The molecule has 105 valence electrons. The minimum Gasteiger partial charge on any atom is -0.338 e. The van der Waals surface area contributed by atoms with Crippen LogP contribution in [-0.2, 0) is 26.8 Å². The summed E-state index contributed by atoms with van der Waals surface area (Å²) >= 11 is 5.99. The molecule has 9 heteroatoms. The van der Waals surface area contributed by atoms with Crippen molar-refractivity contribution in [1.82, 2.24) is 15.1 Å². The predicted octanol–water partition coefficient (Wildman–Crippen LogP) is 0.349. The Morgan fingerprint density at radius 3 is 2.53 bits per heavy atom. The average Bonchev–Trinajstić information content (AvgIpc) is 2.69. The van der Waals surface area contributed by atoms with E-state index in [2.05, 4.69) is 15.6 Å². The van der Waals surface area contributed by atoms with E-state index in [1.165, 1.54) is 23.2 Å². The van der Waals surface area contributed by atoms with Gasteiger partial charge in [0.05, 0.1) is 11.4 Å². The molecule has 0 N–H and O–H groups in total. The summed E-state index contributed by atoms with van der Waals surface area (Å²) in [7, 11) is -1.49. The van der Waals surface area contributed by atoms with Gasteiger partial charge in [-0.3, -0.25) is 4.79 Å². The van der Waals surface area contributed by atoms with Gasteiger partial charge in [-0.1, -0.05) is 12.2 Å². The smallest absolute Gasteiger partial charge is 0.219 e. The van der Waals surface area contributed by atoms with Gasteiger partial charge in [-0.2, -0.15) is 0 Å². The Hall–Kier alpha value is -0.930. The lowest BCUT2D eigenvalue weighted by molar-refractivity contribution is -0.128. The van der Waals surface area contributed by atoms with Gasteiger partial charge in [0.2, 0.25) is 5.91 Å². The molecule has 1 unspecified atom stereocenters. The third kappa shape index (κ3) is 5.29. The lowest BCUT2D eigenvalue weighted by Crippen LogP contribution is -2.37. The molecule has 0 aliphatic rings. The first kappa shape index (κ1) is 16.1. The zero-order chi connectivity index (χ0) is 14.6. The summed E-state index contributed by atoms with van der Waals surface area (Å²) < 4.78 is 22.3. The van der Waals surface area contributed by atoms with Crippen LogP contribution in [0.1, 0.15) is 16.9 Å². The van der Waals surface area contributed by atoms with Crippen molar-refractivity contribution in [2.45, 2.75) is 25.1 Å². The number of carbonyl (C=O) groups excluding carboxylic acids is 1. The first-order chi connectivity index (χ1) is 8.73. The van der Waals surface area contributed by atoms with Crippen molar-refractivity contribution in [2.75, 3.05) is 13.3 Å².